The first-order chi connectivity index (χ1) is 13.9. The fourth-order valence-electron chi connectivity index (χ4n) is 3.35. The number of H-pyrrole nitrogens is 1. The molecule has 0 unspecified atom stereocenters. The van der Waals surface area contributed by atoms with E-state index < -0.39 is 10.0 Å². The first kappa shape index (κ1) is 19.3. The van der Waals surface area contributed by atoms with Crippen molar-refractivity contribution in [1.29, 1.82) is 0 Å². The number of pyridine rings is 1. The molecule has 11 heteroatoms. The van der Waals surface area contributed by atoms with Gasteiger partial charge in [-0.25, -0.2) is 8.42 Å². The highest BCUT2D eigenvalue weighted by molar-refractivity contribution is 7.89. The first-order valence-electron chi connectivity index (χ1n) is 9.22. The predicted octanol–water partition coefficient (Wildman–Crippen LogP) is 1.47. The van der Waals surface area contributed by atoms with Gasteiger partial charge in [-0.2, -0.15) is 9.40 Å². The molecule has 0 atom stereocenters. The van der Waals surface area contributed by atoms with Gasteiger partial charge in [-0.1, -0.05) is 0 Å². The maximum absolute atomic E-state index is 13.0. The van der Waals surface area contributed by atoms with Crippen molar-refractivity contribution >= 4 is 27.3 Å². The molecule has 0 radical (unpaired) electrons. The number of sulfonamides is 1. The molecule has 0 saturated carbocycles. The molecule has 3 aromatic rings. The van der Waals surface area contributed by atoms with Crippen molar-refractivity contribution in [2.24, 2.45) is 0 Å². The molecule has 1 saturated heterocycles. The molecular formula is C18H22N8O2S. The molecule has 0 aliphatic carbocycles. The summed E-state index contributed by atoms with van der Waals surface area (Å²) in [5, 5.41) is 18.4. The summed E-state index contributed by atoms with van der Waals surface area (Å²) >= 11 is 0. The number of piperazine rings is 1. The SMILES string of the molecule is Cc1n[nH]c(C)c1S(=O)(=O)N1CCN(c2ccc(Nc3ccncc3)nn2)CC1. The Morgan fingerprint density at radius 2 is 1.72 bits per heavy atom. The van der Waals surface area contributed by atoms with Gasteiger partial charge in [0.25, 0.3) is 0 Å². The van der Waals surface area contributed by atoms with Gasteiger partial charge in [-0.15, -0.1) is 10.2 Å². The third-order valence-electron chi connectivity index (χ3n) is 4.82. The lowest BCUT2D eigenvalue weighted by Gasteiger charge is -2.34. The zero-order chi connectivity index (χ0) is 20.4. The zero-order valence-electron chi connectivity index (χ0n) is 16.2. The van der Waals surface area contributed by atoms with Crippen molar-refractivity contribution in [3.05, 3.63) is 48.0 Å². The number of hydrogen-bond donors (Lipinski definition) is 2. The van der Waals surface area contributed by atoms with Crippen LogP contribution in [0.25, 0.3) is 0 Å². The van der Waals surface area contributed by atoms with Gasteiger partial charge in [0, 0.05) is 44.3 Å². The maximum atomic E-state index is 13.0. The van der Waals surface area contributed by atoms with Crippen molar-refractivity contribution in [1.82, 2.24) is 29.7 Å². The molecule has 0 bridgehead atoms. The van der Waals surface area contributed by atoms with Gasteiger partial charge < -0.3 is 10.2 Å². The smallest absolute Gasteiger partial charge is 0.246 e. The van der Waals surface area contributed by atoms with E-state index in [0.717, 1.165) is 11.5 Å². The molecular weight excluding hydrogens is 392 g/mol. The Balaban J connectivity index is 1.41. The first-order valence-corrected chi connectivity index (χ1v) is 10.7. The molecule has 4 rings (SSSR count). The van der Waals surface area contributed by atoms with E-state index in [1.165, 1.54) is 4.31 Å². The van der Waals surface area contributed by atoms with Gasteiger partial charge >= 0.3 is 0 Å². The summed E-state index contributed by atoms with van der Waals surface area (Å²) in [6.45, 7) is 5.27. The molecule has 4 heterocycles. The van der Waals surface area contributed by atoms with Crippen LogP contribution in [-0.4, -0.2) is 64.3 Å². The Kier molecular flexibility index (Phi) is 5.16. The Labute approximate surface area is 169 Å². The Morgan fingerprint density at radius 1 is 1.00 bits per heavy atom. The minimum atomic E-state index is -3.57. The van der Waals surface area contributed by atoms with Crippen LogP contribution >= 0.6 is 0 Å². The lowest BCUT2D eigenvalue weighted by Crippen LogP contribution is -2.49. The van der Waals surface area contributed by atoms with E-state index in [9.17, 15) is 8.42 Å². The molecule has 3 aromatic heterocycles. The summed E-state index contributed by atoms with van der Waals surface area (Å²) in [7, 11) is -3.57. The Hall–Kier alpha value is -3.05. The van der Waals surface area contributed by atoms with Gasteiger partial charge in [-0.3, -0.25) is 10.1 Å². The van der Waals surface area contributed by atoms with Crippen LogP contribution in [0, 0.1) is 13.8 Å². The van der Waals surface area contributed by atoms with E-state index in [-0.39, 0.29) is 4.90 Å². The second kappa shape index (κ2) is 7.76. The molecule has 0 amide bonds. The van der Waals surface area contributed by atoms with Crippen molar-refractivity contribution in [2.75, 3.05) is 36.4 Å². The number of nitrogens with zero attached hydrogens (tertiary/aromatic N) is 6. The number of aryl methyl sites for hydroxylation is 2. The highest BCUT2D eigenvalue weighted by atomic mass is 32.2. The number of aromatic amines is 1. The van der Waals surface area contributed by atoms with Crippen LogP contribution in [0.1, 0.15) is 11.4 Å². The number of aromatic nitrogens is 5. The second-order valence-electron chi connectivity index (χ2n) is 6.79. The molecule has 1 aliphatic rings. The standard InChI is InChI=1S/C18H22N8O2S/c1-13-18(14(2)22-21-13)29(27,28)26-11-9-25(10-12-26)17-4-3-16(23-24-17)20-15-5-7-19-8-6-15/h3-8H,9-12H2,1-2H3,(H,21,22)(H,19,20,23). The summed E-state index contributed by atoms with van der Waals surface area (Å²) < 4.78 is 27.4. The largest absolute Gasteiger partial charge is 0.352 e. The van der Waals surface area contributed by atoms with E-state index in [2.05, 4.69) is 30.7 Å². The number of anilines is 3. The average molecular weight is 414 g/mol. The van der Waals surface area contributed by atoms with Crippen LogP contribution in [0.5, 0.6) is 0 Å². The number of rotatable bonds is 5. The molecule has 10 nitrogen and oxygen atoms in total. The van der Waals surface area contributed by atoms with Crippen molar-refractivity contribution in [3.8, 4) is 0 Å². The number of hydrogen-bond acceptors (Lipinski definition) is 8. The highest BCUT2D eigenvalue weighted by Gasteiger charge is 2.32. The van der Waals surface area contributed by atoms with Gasteiger partial charge in [0.05, 0.1) is 11.4 Å². The molecule has 0 spiro atoms. The summed E-state index contributed by atoms with van der Waals surface area (Å²) in [6, 6.07) is 7.42. The summed E-state index contributed by atoms with van der Waals surface area (Å²) in [4.78, 5) is 6.28. The second-order valence-corrected chi connectivity index (χ2v) is 8.67. The fraction of sp³-hybridized carbons (Fsp3) is 0.333. The van der Waals surface area contributed by atoms with Crippen LogP contribution in [-0.2, 0) is 10.0 Å². The van der Waals surface area contributed by atoms with Crippen LogP contribution in [0.2, 0.25) is 0 Å². The summed E-state index contributed by atoms with van der Waals surface area (Å²) in [5.74, 6) is 1.35. The average Bonchev–Trinajstić information content (AvgIpc) is 3.08. The quantitative estimate of drug-likeness (QED) is 0.644. The van der Waals surface area contributed by atoms with Crippen LogP contribution in [0.15, 0.2) is 41.6 Å². The Bertz CT molecular complexity index is 1060. The van der Waals surface area contributed by atoms with Crippen molar-refractivity contribution < 1.29 is 8.42 Å². The normalized spacial score (nSPS) is 15.4. The minimum absolute atomic E-state index is 0.275. The minimum Gasteiger partial charge on any atom is -0.352 e. The van der Waals surface area contributed by atoms with E-state index in [1.54, 1.807) is 26.2 Å². The molecule has 29 heavy (non-hydrogen) atoms. The monoisotopic (exact) mass is 414 g/mol. The third kappa shape index (κ3) is 3.91. The fourth-order valence-corrected chi connectivity index (χ4v) is 5.10. The third-order valence-corrected chi connectivity index (χ3v) is 6.99. The van der Waals surface area contributed by atoms with Crippen LogP contribution < -0.4 is 10.2 Å². The molecule has 152 valence electrons. The molecule has 2 N–H and O–H groups in total. The van der Waals surface area contributed by atoms with E-state index in [0.29, 0.717) is 43.4 Å². The van der Waals surface area contributed by atoms with Crippen LogP contribution in [0.4, 0.5) is 17.3 Å². The van der Waals surface area contributed by atoms with E-state index in [4.69, 9.17) is 0 Å². The molecule has 0 aromatic carbocycles. The summed E-state index contributed by atoms with van der Waals surface area (Å²) in [6.07, 6.45) is 3.40. The molecule has 1 aliphatic heterocycles. The maximum Gasteiger partial charge on any atom is 0.246 e. The lowest BCUT2D eigenvalue weighted by atomic mass is 10.3. The van der Waals surface area contributed by atoms with Gasteiger partial charge in [-0.05, 0) is 38.1 Å². The zero-order valence-corrected chi connectivity index (χ0v) is 17.0. The van der Waals surface area contributed by atoms with E-state index >= 15 is 0 Å². The highest BCUT2D eigenvalue weighted by Crippen LogP contribution is 2.24. The van der Waals surface area contributed by atoms with Crippen LogP contribution in [0.3, 0.4) is 0 Å². The summed E-state index contributed by atoms with van der Waals surface area (Å²) in [5.41, 5.74) is 1.94. The van der Waals surface area contributed by atoms with Crippen molar-refractivity contribution in [2.45, 2.75) is 18.7 Å². The van der Waals surface area contributed by atoms with Gasteiger partial charge in [0.1, 0.15) is 4.90 Å². The van der Waals surface area contributed by atoms with E-state index in [1.807, 2.05) is 29.2 Å². The van der Waals surface area contributed by atoms with Gasteiger partial charge in [0.2, 0.25) is 10.0 Å². The Morgan fingerprint density at radius 3 is 2.31 bits per heavy atom. The molecule has 1 fully saturated rings. The lowest BCUT2D eigenvalue weighted by molar-refractivity contribution is 0.383. The van der Waals surface area contributed by atoms with Crippen molar-refractivity contribution in [3.63, 3.8) is 0 Å². The number of nitrogens with one attached hydrogen (secondary N) is 2. The van der Waals surface area contributed by atoms with Gasteiger partial charge in [0.15, 0.2) is 11.6 Å². The predicted molar refractivity (Wildman–Crippen MR) is 109 cm³/mol. The topological polar surface area (TPSA) is 120 Å².